The molecule has 0 aromatic heterocycles. The molecule has 0 atom stereocenters. The van der Waals surface area contributed by atoms with E-state index in [1.54, 1.807) is 36.4 Å². The smallest absolute Gasteiger partial charge is 0.185 e. The highest BCUT2D eigenvalue weighted by atomic mass is 31.3. The minimum atomic E-state index is -4.03. The van der Waals surface area contributed by atoms with Gasteiger partial charge >= 0.3 is 15.9 Å². The molecule has 0 aliphatic carbocycles. The standard InChI is InChI=1S/C12H14O5P2/c13-18(14,11-7-3-1-4-8-11)17-19(15,16)12-9-5-2-6-10-12/h1-10,13-16H/q+2. The minimum Gasteiger partial charge on any atom is -0.185 e. The highest BCUT2D eigenvalue weighted by Gasteiger charge is 2.58. The normalized spacial score (nSPS) is 12.4. The summed E-state index contributed by atoms with van der Waals surface area (Å²) in [6, 6.07) is 15.7. The molecule has 2 aromatic rings. The fourth-order valence-corrected chi connectivity index (χ4v) is 4.64. The van der Waals surface area contributed by atoms with Gasteiger partial charge in [-0.05, 0) is 24.3 Å². The third kappa shape index (κ3) is 3.56. The topological polar surface area (TPSA) is 90.2 Å². The van der Waals surface area contributed by atoms with Crippen molar-refractivity contribution in [2.24, 2.45) is 0 Å². The molecule has 0 unspecified atom stereocenters. The molecule has 4 N–H and O–H groups in total. The van der Waals surface area contributed by atoms with E-state index in [0.717, 1.165) is 0 Å². The molecule has 0 fully saturated rings. The summed E-state index contributed by atoms with van der Waals surface area (Å²) in [5.74, 6) is 0. The van der Waals surface area contributed by atoms with Crippen LogP contribution in [-0.2, 0) is 4.31 Å². The van der Waals surface area contributed by atoms with Gasteiger partial charge in [-0.3, -0.25) is 0 Å². The van der Waals surface area contributed by atoms with E-state index in [1.165, 1.54) is 24.3 Å². The van der Waals surface area contributed by atoms with Crippen LogP contribution in [0.1, 0.15) is 0 Å². The molecule has 19 heavy (non-hydrogen) atoms. The van der Waals surface area contributed by atoms with Crippen LogP contribution in [0.25, 0.3) is 0 Å². The van der Waals surface area contributed by atoms with Crippen LogP contribution < -0.4 is 10.6 Å². The first-order valence-corrected chi connectivity index (χ1v) is 8.66. The van der Waals surface area contributed by atoms with Gasteiger partial charge in [0.25, 0.3) is 0 Å². The van der Waals surface area contributed by atoms with E-state index in [-0.39, 0.29) is 10.6 Å². The summed E-state index contributed by atoms with van der Waals surface area (Å²) in [5, 5.41) is 0.247. The van der Waals surface area contributed by atoms with Crippen molar-refractivity contribution in [1.82, 2.24) is 0 Å². The third-order valence-electron chi connectivity index (χ3n) is 2.41. The number of hydrogen-bond acceptors (Lipinski definition) is 5. The molecule has 0 heterocycles. The van der Waals surface area contributed by atoms with Gasteiger partial charge in [-0.25, -0.2) is 0 Å². The SMILES string of the molecule is O[P+](O)(O[P+](O)(O)c1ccccc1)c1ccccc1. The minimum absolute atomic E-state index is 0.124. The molecular weight excluding hydrogens is 286 g/mol. The summed E-state index contributed by atoms with van der Waals surface area (Å²) in [6.45, 7) is 0. The first-order valence-electron chi connectivity index (χ1n) is 5.43. The Morgan fingerprint density at radius 1 is 0.579 bits per heavy atom. The Kier molecular flexibility index (Phi) is 4.29. The number of hydrogen-bond donors (Lipinski definition) is 4. The van der Waals surface area contributed by atoms with Gasteiger partial charge in [-0.1, -0.05) is 36.4 Å². The average Bonchev–Trinajstić information content (AvgIpc) is 2.40. The van der Waals surface area contributed by atoms with Crippen molar-refractivity contribution < 1.29 is 23.9 Å². The Labute approximate surface area is 111 Å². The first kappa shape index (κ1) is 14.5. The van der Waals surface area contributed by atoms with Gasteiger partial charge < -0.3 is 0 Å². The molecule has 0 bridgehead atoms. The highest BCUT2D eigenvalue weighted by molar-refractivity contribution is 7.80. The zero-order valence-electron chi connectivity index (χ0n) is 9.87. The summed E-state index contributed by atoms with van der Waals surface area (Å²) in [5.41, 5.74) is 0. The van der Waals surface area contributed by atoms with Gasteiger partial charge in [-0.15, -0.1) is 0 Å². The van der Waals surface area contributed by atoms with Gasteiger partial charge in [0.1, 0.15) is 0 Å². The van der Waals surface area contributed by atoms with Crippen LogP contribution in [0, 0.1) is 0 Å². The summed E-state index contributed by atoms with van der Waals surface area (Å²) in [7, 11) is -8.06. The van der Waals surface area contributed by atoms with Crippen molar-refractivity contribution in [3.63, 3.8) is 0 Å². The Morgan fingerprint density at radius 2 is 0.895 bits per heavy atom. The van der Waals surface area contributed by atoms with Crippen LogP contribution in [-0.4, -0.2) is 19.6 Å². The number of benzene rings is 2. The molecule has 7 heteroatoms. The lowest BCUT2D eigenvalue weighted by atomic mass is 10.4. The van der Waals surface area contributed by atoms with Crippen LogP contribution in [0.2, 0.25) is 0 Å². The monoisotopic (exact) mass is 300 g/mol. The lowest BCUT2D eigenvalue weighted by molar-refractivity contribution is 0.299. The fraction of sp³-hybridized carbons (Fsp3) is 0. The summed E-state index contributed by atoms with van der Waals surface area (Å²) >= 11 is 0. The maximum atomic E-state index is 9.93. The van der Waals surface area contributed by atoms with Crippen molar-refractivity contribution in [2.75, 3.05) is 0 Å². The van der Waals surface area contributed by atoms with Gasteiger partial charge in [0, 0.05) is 4.31 Å². The van der Waals surface area contributed by atoms with Crippen molar-refractivity contribution in [3.05, 3.63) is 60.7 Å². The quantitative estimate of drug-likeness (QED) is 0.636. The summed E-state index contributed by atoms with van der Waals surface area (Å²) in [4.78, 5) is 39.7. The van der Waals surface area contributed by atoms with Gasteiger partial charge in [0.05, 0.1) is 0 Å². The predicted molar refractivity (Wildman–Crippen MR) is 76.0 cm³/mol. The van der Waals surface area contributed by atoms with E-state index >= 15 is 0 Å². The van der Waals surface area contributed by atoms with Crippen molar-refractivity contribution in [1.29, 1.82) is 0 Å². The van der Waals surface area contributed by atoms with E-state index in [2.05, 4.69) is 0 Å². The molecule has 0 saturated heterocycles. The Hall–Kier alpha value is -0.900. The van der Waals surface area contributed by atoms with E-state index in [0.29, 0.717) is 0 Å². The molecule has 2 rings (SSSR count). The third-order valence-corrected chi connectivity index (χ3v) is 6.18. The zero-order chi connectivity index (χ0) is 13.9. The zero-order valence-corrected chi connectivity index (χ0v) is 11.7. The van der Waals surface area contributed by atoms with Crippen LogP contribution in [0.5, 0.6) is 0 Å². The Morgan fingerprint density at radius 3 is 1.21 bits per heavy atom. The van der Waals surface area contributed by atoms with Crippen LogP contribution in [0.3, 0.4) is 0 Å². The van der Waals surface area contributed by atoms with Crippen LogP contribution in [0.4, 0.5) is 0 Å². The highest BCUT2D eigenvalue weighted by Crippen LogP contribution is 2.67. The van der Waals surface area contributed by atoms with Crippen molar-refractivity contribution in [3.8, 4) is 0 Å². The van der Waals surface area contributed by atoms with E-state index < -0.39 is 15.9 Å². The largest absolute Gasteiger partial charge is 0.497 e. The molecule has 0 spiro atoms. The lowest BCUT2D eigenvalue weighted by Gasteiger charge is -2.12. The molecule has 100 valence electrons. The Bertz CT molecular complexity index is 481. The van der Waals surface area contributed by atoms with Gasteiger partial charge in [-0.2, -0.15) is 19.6 Å². The van der Waals surface area contributed by atoms with Crippen LogP contribution in [0.15, 0.2) is 60.7 Å². The molecular formula is C12H14O5P2+2. The van der Waals surface area contributed by atoms with Gasteiger partial charge in [0.2, 0.25) is 0 Å². The fourth-order valence-electron chi connectivity index (χ4n) is 1.50. The van der Waals surface area contributed by atoms with E-state index in [1.807, 2.05) is 0 Å². The second-order valence-corrected chi connectivity index (χ2v) is 7.70. The Balaban J connectivity index is 2.25. The van der Waals surface area contributed by atoms with Crippen molar-refractivity contribution in [2.45, 2.75) is 0 Å². The second kappa shape index (κ2) is 5.61. The van der Waals surface area contributed by atoms with Gasteiger partial charge in [0.15, 0.2) is 10.6 Å². The predicted octanol–water partition coefficient (Wildman–Crippen LogP) is 1.15. The number of rotatable bonds is 4. The molecule has 0 aliphatic heterocycles. The van der Waals surface area contributed by atoms with E-state index in [4.69, 9.17) is 4.31 Å². The van der Waals surface area contributed by atoms with Crippen LogP contribution >= 0.6 is 15.9 Å². The van der Waals surface area contributed by atoms with Crippen molar-refractivity contribution >= 4 is 26.5 Å². The first-order chi connectivity index (χ1) is 8.92. The maximum absolute atomic E-state index is 9.93. The summed E-state index contributed by atoms with van der Waals surface area (Å²) in [6.07, 6.45) is 0. The molecule has 0 aliphatic rings. The molecule has 0 radical (unpaired) electrons. The molecule has 0 amide bonds. The molecule has 0 saturated carbocycles. The lowest BCUT2D eigenvalue weighted by Crippen LogP contribution is -2.18. The molecule has 5 nitrogen and oxygen atoms in total. The maximum Gasteiger partial charge on any atom is 0.497 e. The molecule has 2 aromatic carbocycles. The average molecular weight is 300 g/mol. The second-order valence-electron chi connectivity index (χ2n) is 3.84. The summed E-state index contributed by atoms with van der Waals surface area (Å²) < 4.78 is 4.84. The van der Waals surface area contributed by atoms with E-state index in [9.17, 15) is 19.6 Å².